The lowest BCUT2D eigenvalue weighted by Gasteiger charge is -2.39. The van der Waals surface area contributed by atoms with Crippen molar-refractivity contribution >= 4 is 70.5 Å². The topological polar surface area (TPSA) is 469 Å². The van der Waals surface area contributed by atoms with Crippen molar-refractivity contribution in [1.82, 2.24) is 31.9 Å². The second-order valence-corrected chi connectivity index (χ2v) is 22.4. The summed E-state index contributed by atoms with van der Waals surface area (Å²) in [7, 11) is 1.31. The van der Waals surface area contributed by atoms with Crippen LogP contribution in [-0.2, 0) is 43.1 Å². The quantitative estimate of drug-likeness (QED) is 0.0667. The Morgan fingerprint density at radius 3 is 1.83 bits per heavy atom. The van der Waals surface area contributed by atoms with Crippen molar-refractivity contribution in [2.24, 2.45) is 17.4 Å². The first kappa shape index (κ1) is 67.1. The number of primary amides is 1. The number of hydrogen-bond donors (Lipinski definition) is 16. The van der Waals surface area contributed by atoms with Gasteiger partial charge in [-0.05, 0) is 101 Å². The van der Waals surface area contributed by atoms with E-state index in [1.54, 1.807) is 13.8 Å². The number of aliphatic hydroxyl groups is 6. The van der Waals surface area contributed by atoms with Crippen molar-refractivity contribution < 1.29 is 103 Å². The van der Waals surface area contributed by atoms with Crippen molar-refractivity contribution in [2.75, 3.05) is 13.7 Å². The summed E-state index contributed by atoms with van der Waals surface area (Å²) in [6.45, 7) is 2.60. The first-order valence-electron chi connectivity index (χ1n) is 27.6. The molecule has 1 saturated heterocycles. The number of phenols is 1. The summed E-state index contributed by atoms with van der Waals surface area (Å²) < 4.78 is 30.1. The molecule has 5 aliphatic rings. The predicted molar refractivity (Wildman–Crippen MR) is 312 cm³/mol. The summed E-state index contributed by atoms with van der Waals surface area (Å²) in [6, 6.07) is 5.36. The van der Waals surface area contributed by atoms with Gasteiger partial charge in [0.1, 0.15) is 89.8 Å². The van der Waals surface area contributed by atoms with Gasteiger partial charge in [0, 0.05) is 0 Å². The van der Waals surface area contributed by atoms with Crippen LogP contribution in [0.15, 0.2) is 97.1 Å². The number of methoxy groups -OCH3 is 1. The lowest BCUT2D eigenvalue weighted by Crippen LogP contribution is -2.60. The Kier molecular flexibility index (Phi) is 21.4. The van der Waals surface area contributed by atoms with E-state index in [1.807, 2.05) is 0 Å². The van der Waals surface area contributed by atoms with Gasteiger partial charge >= 0.3 is 5.97 Å². The number of carboxylic acid groups (broad SMARTS) is 1. The minimum atomic E-state index is -2.25. The van der Waals surface area contributed by atoms with E-state index < -0.39 is 173 Å². The van der Waals surface area contributed by atoms with Crippen LogP contribution in [-0.4, -0.2) is 157 Å². The number of phenolic OH excluding ortho intramolecular Hbond substituents is 1. The second-order valence-electron chi connectivity index (χ2n) is 21.6. The van der Waals surface area contributed by atoms with E-state index in [9.17, 15) is 64.8 Å². The summed E-state index contributed by atoms with van der Waals surface area (Å²) in [6.07, 6.45) is -14.9. The summed E-state index contributed by atoms with van der Waals surface area (Å²) >= 11 is 13.8. The Hall–Kier alpha value is -8.88. The molecule has 5 heterocycles. The number of rotatable bonds is 15. The van der Waals surface area contributed by atoms with Crippen LogP contribution in [0.3, 0.4) is 0 Å². The summed E-state index contributed by atoms with van der Waals surface area (Å²) in [5.41, 5.74) is 10.8. The fourth-order valence-electron chi connectivity index (χ4n) is 9.94. The molecule has 29 nitrogen and oxygen atoms in total. The maximum absolute atomic E-state index is 15.6. The van der Waals surface area contributed by atoms with Crippen LogP contribution in [0.1, 0.15) is 84.8 Å². The largest absolute Gasteiger partial charge is 0.508 e. The number of aromatic hydroxyl groups is 1. The van der Waals surface area contributed by atoms with Crippen molar-refractivity contribution in [3.05, 3.63) is 135 Å². The lowest BCUT2D eigenvalue weighted by molar-refractivity contribution is -0.277. The molecule has 7 amide bonds. The molecule has 0 aliphatic carbocycles. The highest BCUT2D eigenvalue weighted by atomic mass is 35.5. The zero-order valence-electron chi connectivity index (χ0n) is 47.8. The van der Waals surface area contributed by atoms with E-state index in [4.69, 9.17) is 58.4 Å². The van der Waals surface area contributed by atoms with Gasteiger partial charge in [0.15, 0.2) is 17.5 Å². The van der Waals surface area contributed by atoms with Gasteiger partial charge in [-0.3, -0.25) is 33.6 Å². The smallest absolute Gasteiger partial charge is 0.330 e. The predicted octanol–water partition coefficient (Wildman–Crippen LogP) is 0.225. The number of aliphatic carboxylic acids is 1. The average Bonchev–Trinajstić information content (AvgIpc) is 0.821. The van der Waals surface area contributed by atoms with E-state index in [2.05, 4.69) is 31.9 Å². The normalized spacial score (nSPS) is 25.3. The molecule has 31 heteroatoms. The molecule has 0 spiro atoms. The van der Waals surface area contributed by atoms with Crippen molar-refractivity contribution in [3.8, 4) is 40.2 Å². The molecule has 5 aromatic carbocycles. The number of ether oxygens (including phenoxy) is 5. The molecule has 0 aromatic heterocycles. The van der Waals surface area contributed by atoms with E-state index in [0.29, 0.717) is 0 Å². The molecule has 14 atom stereocenters. The molecule has 5 aliphatic heterocycles. The average molecular weight is 1290 g/mol. The van der Waals surface area contributed by atoms with Crippen molar-refractivity contribution in [3.63, 3.8) is 0 Å². The number of nitrogens with two attached hydrogens (primary N) is 2. The Bertz CT molecular complexity index is 3550. The molecule has 480 valence electrons. The Morgan fingerprint density at radius 1 is 0.689 bits per heavy atom. The molecule has 18 N–H and O–H groups in total. The lowest BCUT2D eigenvalue weighted by atomic mass is 9.97. The van der Waals surface area contributed by atoms with Gasteiger partial charge in [0.25, 0.3) is 0 Å². The van der Waals surface area contributed by atoms with Gasteiger partial charge in [-0.15, -0.1) is 0 Å². The number of nitrogens with one attached hydrogen (secondary N) is 6. The van der Waals surface area contributed by atoms with Gasteiger partial charge in [0.2, 0.25) is 53.4 Å². The Morgan fingerprint density at radius 2 is 1.27 bits per heavy atom. The van der Waals surface area contributed by atoms with Gasteiger partial charge in [-0.1, -0.05) is 73.4 Å². The molecule has 1 fully saturated rings. The van der Waals surface area contributed by atoms with Gasteiger partial charge in [-0.25, -0.2) is 4.79 Å². The zero-order valence-corrected chi connectivity index (χ0v) is 49.3. The molecule has 0 saturated carbocycles. The number of hydrogen-bond acceptors (Lipinski definition) is 21. The highest BCUT2D eigenvalue weighted by Crippen LogP contribution is 2.48. The maximum Gasteiger partial charge on any atom is 0.330 e. The fraction of sp³-hybridized carbons (Fsp3) is 0.356. The number of benzene rings is 5. The molecule has 0 radical (unpaired) electrons. The highest BCUT2D eigenvalue weighted by Gasteiger charge is 2.46. The van der Waals surface area contributed by atoms with Gasteiger partial charge < -0.3 is 108 Å². The third-order valence-electron chi connectivity index (χ3n) is 14.7. The SMILES string of the molecule is COc1cccc([C@H](NC(=O)[C@H]2NC(=O)[C@H](c3ccc(O)cc3)NC(=O)[C@H]3NC(=O)[C@@H](CC(N)=O)NC(=O)[C@@H](NC(=O)[C@H](N)CC(C)C)[C@@H](O)c4ccc(c(Cl)c4)Oc4cc3cc(c4O[C@@H]3O[C@H](CO)[C@@H](O)[C@H](O)[C@H]3O)Oc3ccc(cc3Cl)[C@@H]2O)C(=O)O)c1. The number of fused-ring (bicyclic) bond motifs is 16. The van der Waals surface area contributed by atoms with Crippen LogP contribution in [0.2, 0.25) is 10.0 Å². The zero-order chi connectivity index (χ0) is 65.6. The molecule has 90 heavy (non-hydrogen) atoms. The van der Waals surface area contributed by atoms with E-state index in [1.165, 1.54) is 61.7 Å². The number of aliphatic hydroxyl groups excluding tert-OH is 6. The standard InChI is InChI=1S/C59H64Cl2N8O21/c1-23(2)15-33(62)52(78)68-44-46(73)26-9-13-35(31(60)17-26)87-37-19-28-20-38(51(37)90-59-50(77)49(76)48(75)39(22-70)89-59)88-36-14-10-27(18-32(36)61)47(74)45(57(83)67-43(58(84)85)25-5-4-6-30(16-25)86-3)69-54(80)41(24-7-11-29(71)12-8-24)66-55(81)42(28)65-53(79)34(21-40(63)72)64-56(44)82/h4-14,16-20,23,33-34,39,41-50,59,70-71,73-77H,15,21-22,62H2,1-3H3,(H2,63,72)(H,64,82)(H,65,79)(H,66,81)(H,67,83)(H,68,78)(H,69,80)(H,84,85)/t33-,34-,39-,41+,42+,43+,44+,45+,46+,47+,48-,49+,50-,59+/m1/s1. The Labute approximate surface area is 521 Å². The number of carbonyl (C=O) groups excluding carboxylic acids is 7. The van der Waals surface area contributed by atoms with Gasteiger partial charge in [0.05, 0.1) is 36.2 Å². The molecule has 7 bridgehead atoms. The number of amides is 7. The molecule has 5 aromatic rings. The monoisotopic (exact) mass is 1290 g/mol. The molecular weight excluding hydrogens is 1230 g/mol. The minimum absolute atomic E-state index is 0.0179. The van der Waals surface area contributed by atoms with Crippen LogP contribution in [0.4, 0.5) is 0 Å². The summed E-state index contributed by atoms with van der Waals surface area (Å²) in [5, 5.41) is 102. The molecule has 10 rings (SSSR count). The molecular formula is C59H64Cl2N8O21. The first-order valence-corrected chi connectivity index (χ1v) is 28.4. The first-order chi connectivity index (χ1) is 42.7. The maximum atomic E-state index is 15.6. The summed E-state index contributed by atoms with van der Waals surface area (Å²) in [5.74, 6) is -13.3. The van der Waals surface area contributed by atoms with Crippen molar-refractivity contribution in [1.29, 1.82) is 0 Å². The van der Waals surface area contributed by atoms with E-state index >= 15 is 14.4 Å². The number of halogens is 2. The highest BCUT2D eigenvalue weighted by molar-refractivity contribution is 6.32. The van der Waals surface area contributed by atoms with Crippen LogP contribution >= 0.6 is 23.2 Å². The van der Waals surface area contributed by atoms with Crippen molar-refractivity contribution in [2.45, 2.75) is 112 Å². The third-order valence-corrected chi connectivity index (χ3v) is 15.3. The third kappa shape index (κ3) is 15.4. The molecule has 0 unspecified atom stereocenters. The minimum Gasteiger partial charge on any atom is -0.508 e. The second kappa shape index (κ2) is 28.7. The van der Waals surface area contributed by atoms with E-state index in [-0.39, 0.29) is 62.6 Å². The number of carbonyl (C=O) groups is 8. The summed E-state index contributed by atoms with van der Waals surface area (Å²) in [4.78, 5) is 114. The van der Waals surface area contributed by atoms with E-state index in [0.717, 1.165) is 42.5 Å². The fourth-order valence-corrected chi connectivity index (χ4v) is 10.4. The van der Waals surface area contributed by atoms with Gasteiger partial charge in [-0.2, -0.15) is 0 Å². The van der Waals surface area contributed by atoms with Crippen LogP contribution in [0.25, 0.3) is 0 Å². The van der Waals surface area contributed by atoms with Crippen LogP contribution in [0, 0.1) is 5.92 Å². The van der Waals surface area contributed by atoms with Crippen LogP contribution in [0.5, 0.6) is 40.2 Å². The Balaban J connectivity index is 1.37. The number of carboxylic acids is 1. The van der Waals surface area contributed by atoms with Crippen LogP contribution < -0.4 is 62.3 Å².